The number of piperazine rings is 1. The van der Waals surface area contributed by atoms with Crippen LogP contribution >= 0.6 is 22.6 Å². The monoisotopic (exact) mass is 606 g/mol. The maximum absolute atomic E-state index is 13.3. The molecule has 0 N–H and O–H groups in total. The molecule has 192 valence electrons. The number of carbonyl (C=O) groups excluding carboxylic acids is 2. The van der Waals surface area contributed by atoms with Crippen LogP contribution in [0.1, 0.15) is 34.3 Å². The van der Waals surface area contributed by atoms with Gasteiger partial charge in [-0.25, -0.2) is 9.78 Å². The molecular weight excluding hydrogens is 575 g/mol. The first-order valence-electron chi connectivity index (χ1n) is 12.0. The predicted octanol–water partition coefficient (Wildman–Crippen LogP) is 3.90. The van der Waals surface area contributed by atoms with Crippen molar-refractivity contribution >= 4 is 51.1 Å². The van der Waals surface area contributed by atoms with E-state index in [1.807, 2.05) is 32.3 Å². The van der Waals surface area contributed by atoms with Gasteiger partial charge in [-0.1, -0.05) is 0 Å². The van der Waals surface area contributed by atoms with Crippen LogP contribution in [0.3, 0.4) is 0 Å². The predicted molar refractivity (Wildman–Crippen MR) is 146 cm³/mol. The number of aromatic nitrogens is 1. The van der Waals surface area contributed by atoms with E-state index in [0.717, 1.165) is 33.1 Å². The van der Waals surface area contributed by atoms with Crippen molar-refractivity contribution in [2.24, 2.45) is 0 Å². The zero-order chi connectivity index (χ0) is 25.7. The number of hydrogen-bond donors (Lipinski definition) is 0. The average Bonchev–Trinajstić information content (AvgIpc) is 3.41. The number of hydrogen-bond acceptors (Lipinski definition) is 8. The summed E-state index contributed by atoms with van der Waals surface area (Å²) in [7, 11) is 4.02. The van der Waals surface area contributed by atoms with Gasteiger partial charge in [-0.05, 0) is 80.4 Å². The van der Waals surface area contributed by atoms with Gasteiger partial charge in [0.1, 0.15) is 5.56 Å². The van der Waals surface area contributed by atoms with Crippen molar-refractivity contribution in [3.63, 3.8) is 0 Å². The lowest BCUT2D eigenvalue weighted by Gasteiger charge is -2.37. The van der Waals surface area contributed by atoms with E-state index in [-0.39, 0.29) is 18.4 Å². The molecule has 10 heteroatoms. The van der Waals surface area contributed by atoms with Crippen molar-refractivity contribution < 1.29 is 23.5 Å². The fourth-order valence-electron chi connectivity index (χ4n) is 4.26. The second kappa shape index (κ2) is 11.9. The summed E-state index contributed by atoms with van der Waals surface area (Å²) >= 11 is 2.26. The summed E-state index contributed by atoms with van der Waals surface area (Å²) in [6, 6.07) is 9.33. The molecule has 1 fully saturated rings. The van der Waals surface area contributed by atoms with E-state index in [1.165, 1.54) is 6.26 Å². The summed E-state index contributed by atoms with van der Waals surface area (Å²) in [5.41, 5.74) is 1.82. The Morgan fingerprint density at radius 1 is 1.17 bits per heavy atom. The smallest absolute Gasteiger partial charge is 0.345 e. The van der Waals surface area contributed by atoms with Gasteiger partial charge in [-0.3, -0.25) is 4.79 Å². The van der Waals surface area contributed by atoms with Crippen molar-refractivity contribution in [1.82, 2.24) is 14.8 Å². The Hall–Kier alpha value is -2.86. The Bertz CT molecular complexity index is 1210. The number of halogens is 1. The van der Waals surface area contributed by atoms with Crippen molar-refractivity contribution in [3.05, 3.63) is 51.5 Å². The number of nitrogens with zero attached hydrogens (tertiary/aromatic N) is 4. The Morgan fingerprint density at radius 2 is 1.94 bits per heavy atom. The number of fused-ring (bicyclic) bond motifs is 1. The highest BCUT2D eigenvalue weighted by molar-refractivity contribution is 14.1. The number of pyridine rings is 1. The molecule has 4 rings (SSSR count). The number of amides is 1. The third-order valence-corrected chi connectivity index (χ3v) is 6.64. The molecule has 3 aromatic rings. The summed E-state index contributed by atoms with van der Waals surface area (Å²) in [6.07, 6.45) is 2.30. The van der Waals surface area contributed by atoms with Gasteiger partial charge in [0.2, 0.25) is 5.88 Å². The van der Waals surface area contributed by atoms with E-state index in [2.05, 4.69) is 32.4 Å². The van der Waals surface area contributed by atoms with Crippen molar-refractivity contribution in [3.8, 4) is 5.88 Å². The lowest BCUT2D eigenvalue weighted by atomic mass is 10.1. The number of carbonyl (C=O) groups is 2. The maximum Gasteiger partial charge on any atom is 0.345 e. The minimum absolute atomic E-state index is 0.135. The SMILES string of the molecule is CCOC(=O)c1c(OCCCN(C)C)nc2ccc(I)cc2c1N1CCN(C(=O)c2ccco2)CC1. The minimum atomic E-state index is -0.461. The highest BCUT2D eigenvalue weighted by Crippen LogP contribution is 2.37. The number of ether oxygens (including phenoxy) is 2. The zero-order valence-electron chi connectivity index (χ0n) is 20.8. The van der Waals surface area contributed by atoms with Crippen LogP contribution < -0.4 is 9.64 Å². The first-order valence-corrected chi connectivity index (χ1v) is 13.1. The quantitative estimate of drug-likeness (QED) is 0.206. The highest BCUT2D eigenvalue weighted by atomic mass is 127. The normalized spacial score (nSPS) is 13.9. The van der Waals surface area contributed by atoms with Crippen LogP contribution in [0.25, 0.3) is 10.9 Å². The number of anilines is 1. The second-order valence-corrected chi connectivity index (χ2v) is 10.0. The van der Waals surface area contributed by atoms with Gasteiger partial charge < -0.3 is 28.6 Å². The number of rotatable bonds is 9. The van der Waals surface area contributed by atoms with Crippen LogP contribution in [0.2, 0.25) is 0 Å². The largest absolute Gasteiger partial charge is 0.477 e. The van der Waals surface area contributed by atoms with Crippen molar-refractivity contribution in [2.75, 3.05) is 64.9 Å². The van der Waals surface area contributed by atoms with Crippen LogP contribution in [0.5, 0.6) is 5.88 Å². The molecule has 0 saturated carbocycles. The summed E-state index contributed by atoms with van der Waals surface area (Å²) in [5.74, 6) is 0.0137. The lowest BCUT2D eigenvalue weighted by molar-refractivity contribution is 0.0520. The Kier molecular flexibility index (Phi) is 8.68. The number of benzene rings is 1. The minimum Gasteiger partial charge on any atom is -0.477 e. The number of furan rings is 1. The highest BCUT2D eigenvalue weighted by Gasteiger charge is 2.31. The number of esters is 1. The lowest BCUT2D eigenvalue weighted by Crippen LogP contribution is -2.49. The molecule has 0 bridgehead atoms. The maximum atomic E-state index is 13.3. The summed E-state index contributed by atoms with van der Waals surface area (Å²) in [4.78, 5) is 36.8. The van der Waals surface area contributed by atoms with Crippen LogP contribution in [0.4, 0.5) is 5.69 Å². The van der Waals surface area contributed by atoms with Crippen molar-refractivity contribution in [1.29, 1.82) is 0 Å². The van der Waals surface area contributed by atoms with E-state index in [1.54, 1.807) is 24.0 Å². The third kappa shape index (κ3) is 5.92. The van der Waals surface area contributed by atoms with Crippen LogP contribution in [0, 0.1) is 3.57 Å². The van der Waals surface area contributed by atoms with E-state index >= 15 is 0 Å². The first kappa shape index (κ1) is 26.2. The third-order valence-electron chi connectivity index (χ3n) is 5.97. The zero-order valence-corrected chi connectivity index (χ0v) is 23.0. The fourth-order valence-corrected chi connectivity index (χ4v) is 4.75. The van der Waals surface area contributed by atoms with Gasteiger partial charge in [-0.2, -0.15) is 0 Å². The molecule has 1 aliphatic rings. The van der Waals surface area contributed by atoms with Crippen LogP contribution in [-0.4, -0.2) is 86.7 Å². The van der Waals surface area contributed by atoms with Gasteiger partial charge in [-0.15, -0.1) is 0 Å². The van der Waals surface area contributed by atoms with Crippen molar-refractivity contribution in [2.45, 2.75) is 13.3 Å². The molecule has 9 nitrogen and oxygen atoms in total. The molecule has 1 saturated heterocycles. The molecule has 0 aliphatic carbocycles. The molecule has 3 heterocycles. The topological polar surface area (TPSA) is 88.4 Å². The first-order chi connectivity index (χ1) is 17.4. The Morgan fingerprint density at radius 3 is 2.61 bits per heavy atom. The Balaban J connectivity index is 1.70. The van der Waals surface area contributed by atoms with Gasteiger partial charge in [0, 0.05) is 41.7 Å². The molecule has 0 spiro atoms. The standard InChI is InChI=1S/C26H31IN4O5/c1-4-34-26(33)22-23(30-11-13-31(14-12-30)25(32)21-7-5-15-35-21)19-17-18(27)8-9-20(19)28-24(22)36-16-6-10-29(2)3/h5,7-9,15,17H,4,6,10-14,16H2,1-3H3. The van der Waals surface area contributed by atoms with Gasteiger partial charge in [0.15, 0.2) is 5.76 Å². The fraction of sp³-hybridized carbons (Fsp3) is 0.423. The van der Waals surface area contributed by atoms with E-state index in [4.69, 9.17) is 18.9 Å². The van der Waals surface area contributed by atoms with Gasteiger partial charge in [0.05, 0.1) is 30.7 Å². The molecule has 0 atom stereocenters. The molecule has 2 aromatic heterocycles. The molecule has 0 unspecified atom stereocenters. The molecule has 1 aliphatic heterocycles. The van der Waals surface area contributed by atoms with Gasteiger partial charge >= 0.3 is 5.97 Å². The molecule has 1 aromatic carbocycles. The van der Waals surface area contributed by atoms with E-state index < -0.39 is 5.97 Å². The van der Waals surface area contributed by atoms with Gasteiger partial charge in [0.25, 0.3) is 5.91 Å². The molecule has 1 amide bonds. The summed E-state index contributed by atoms with van der Waals surface area (Å²) in [6.45, 7) is 5.40. The summed E-state index contributed by atoms with van der Waals surface area (Å²) < 4.78 is 17.9. The molecule has 36 heavy (non-hydrogen) atoms. The molecule has 0 radical (unpaired) electrons. The van der Waals surface area contributed by atoms with E-state index in [0.29, 0.717) is 44.1 Å². The Labute approximate surface area is 224 Å². The van der Waals surface area contributed by atoms with Crippen LogP contribution in [-0.2, 0) is 4.74 Å². The van der Waals surface area contributed by atoms with Crippen LogP contribution in [0.15, 0.2) is 41.0 Å². The second-order valence-electron chi connectivity index (χ2n) is 8.78. The van der Waals surface area contributed by atoms with E-state index in [9.17, 15) is 9.59 Å². The molecular formula is C26H31IN4O5. The average molecular weight is 606 g/mol. The summed E-state index contributed by atoms with van der Waals surface area (Å²) in [5, 5.41) is 0.858.